The first kappa shape index (κ1) is 21.0. The molecule has 11 heteroatoms. The molecular weight excluding hydrogens is 448 g/mol. The predicted octanol–water partition coefficient (Wildman–Crippen LogP) is 4.12. The second-order valence-electron chi connectivity index (χ2n) is 7.11. The lowest BCUT2D eigenvalue weighted by Gasteiger charge is -2.30. The molecular formula is C19H19ClN4O4S2. The van der Waals surface area contributed by atoms with Crippen molar-refractivity contribution in [3.05, 3.63) is 46.3 Å². The smallest absolute Gasteiger partial charge is 0.322 e. The van der Waals surface area contributed by atoms with Crippen LogP contribution in [0.5, 0.6) is 0 Å². The Bertz CT molecular complexity index is 1160. The van der Waals surface area contributed by atoms with Crippen molar-refractivity contribution in [2.75, 3.05) is 18.4 Å². The van der Waals surface area contributed by atoms with Gasteiger partial charge in [0.2, 0.25) is 10.0 Å². The average molecular weight is 467 g/mol. The van der Waals surface area contributed by atoms with Gasteiger partial charge >= 0.3 is 6.01 Å². The molecule has 2 aromatic heterocycles. The van der Waals surface area contributed by atoms with E-state index in [0.717, 1.165) is 12.8 Å². The molecule has 0 saturated carbocycles. The molecule has 158 valence electrons. The molecule has 30 heavy (non-hydrogen) atoms. The Morgan fingerprint density at radius 1 is 1.23 bits per heavy atom. The number of anilines is 1. The standard InChI is InChI=1S/C19H19ClN4O4S2/c1-12-3-2-10-24(11-12)30(26,27)14-6-4-13(5-7-14)17(25)21-19-23-22-18(28-19)15-8-9-16(20)29-15/h4-9,12H,2-3,10-11H2,1H3,(H,21,23,25). The Balaban J connectivity index is 1.45. The number of nitrogens with one attached hydrogen (secondary N) is 1. The second-order valence-corrected chi connectivity index (χ2v) is 10.8. The van der Waals surface area contributed by atoms with Crippen molar-refractivity contribution in [3.8, 4) is 10.8 Å². The summed E-state index contributed by atoms with van der Waals surface area (Å²) in [5.41, 5.74) is 0.278. The normalized spacial score (nSPS) is 17.7. The van der Waals surface area contributed by atoms with Gasteiger partial charge in [0.15, 0.2) is 0 Å². The molecule has 1 aliphatic rings. The number of rotatable bonds is 5. The number of carbonyl (C=O) groups is 1. The van der Waals surface area contributed by atoms with Crippen molar-refractivity contribution in [1.29, 1.82) is 0 Å². The largest absolute Gasteiger partial charge is 0.402 e. The maximum Gasteiger partial charge on any atom is 0.322 e. The van der Waals surface area contributed by atoms with E-state index in [1.54, 1.807) is 12.1 Å². The zero-order valence-electron chi connectivity index (χ0n) is 16.0. The number of piperidine rings is 1. The number of amides is 1. The van der Waals surface area contributed by atoms with Crippen molar-refractivity contribution in [1.82, 2.24) is 14.5 Å². The minimum Gasteiger partial charge on any atom is -0.402 e. The lowest BCUT2D eigenvalue weighted by molar-refractivity contribution is 0.102. The van der Waals surface area contributed by atoms with E-state index in [1.165, 1.54) is 39.9 Å². The van der Waals surface area contributed by atoms with Crippen molar-refractivity contribution in [3.63, 3.8) is 0 Å². The summed E-state index contributed by atoms with van der Waals surface area (Å²) >= 11 is 7.18. The van der Waals surface area contributed by atoms with Gasteiger partial charge in [0, 0.05) is 18.7 Å². The lowest BCUT2D eigenvalue weighted by atomic mass is 10.0. The fourth-order valence-electron chi connectivity index (χ4n) is 3.26. The highest BCUT2D eigenvalue weighted by atomic mass is 35.5. The minimum atomic E-state index is -3.57. The number of hydrogen-bond donors (Lipinski definition) is 1. The summed E-state index contributed by atoms with van der Waals surface area (Å²) in [6.07, 6.45) is 1.88. The highest BCUT2D eigenvalue weighted by Crippen LogP contribution is 2.30. The highest BCUT2D eigenvalue weighted by Gasteiger charge is 2.28. The first-order valence-corrected chi connectivity index (χ1v) is 12.0. The third-order valence-electron chi connectivity index (χ3n) is 4.80. The molecule has 3 aromatic rings. The predicted molar refractivity (Wildman–Crippen MR) is 114 cm³/mol. The highest BCUT2D eigenvalue weighted by molar-refractivity contribution is 7.89. The van der Waals surface area contributed by atoms with E-state index >= 15 is 0 Å². The Morgan fingerprint density at radius 3 is 2.67 bits per heavy atom. The molecule has 1 saturated heterocycles. The van der Waals surface area contributed by atoms with Crippen LogP contribution in [0, 0.1) is 5.92 Å². The summed E-state index contributed by atoms with van der Waals surface area (Å²) in [7, 11) is -3.57. The lowest BCUT2D eigenvalue weighted by Crippen LogP contribution is -2.39. The van der Waals surface area contributed by atoms with Crippen molar-refractivity contribution in [2.45, 2.75) is 24.7 Å². The molecule has 0 aliphatic carbocycles. The van der Waals surface area contributed by atoms with Gasteiger partial charge in [0.1, 0.15) is 0 Å². The molecule has 1 atom stereocenters. The van der Waals surface area contributed by atoms with Gasteiger partial charge in [-0.25, -0.2) is 8.42 Å². The first-order valence-electron chi connectivity index (χ1n) is 9.34. The maximum absolute atomic E-state index is 12.8. The molecule has 1 fully saturated rings. The molecule has 0 spiro atoms. The van der Waals surface area contributed by atoms with Gasteiger partial charge < -0.3 is 4.42 Å². The topological polar surface area (TPSA) is 105 Å². The van der Waals surface area contributed by atoms with Gasteiger partial charge in [-0.1, -0.05) is 23.6 Å². The number of benzene rings is 1. The summed E-state index contributed by atoms with van der Waals surface area (Å²) in [4.78, 5) is 13.3. The molecule has 4 rings (SSSR count). The van der Waals surface area contributed by atoms with Gasteiger partial charge in [0.25, 0.3) is 11.8 Å². The summed E-state index contributed by atoms with van der Waals surface area (Å²) in [5, 5.41) is 10.2. The van der Waals surface area contributed by atoms with Gasteiger partial charge in [0.05, 0.1) is 14.1 Å². The molecule has 1 amide bonds. The number of sulfonamides is 1. The zero-order chi connectivity index (χ0) is 21.3. The Morgan fingerprint density at radius 2 is 2.00 bits per heavy atom. The van der Waals surface area contributed by atoms with E-state index in [-0.39, 0.29) is 22.4 Å². The molecule has 0 bridgehead atoms. The van der Waals surface area contributed by atoms with E-state index in [2.05, 4.69) is 15.5 Å². The van der Waals surface area contributed by atoms with Crippen LogP contribution in [0.4, 0.5) is 6.01 Å². The van der Waals surface area contributed by atoms with E-state index in [9.17, 15) is 13.2 Å². The summed E-state index contributed by atoms with van der Waals surface area (Å²) in [6, 6.07) is 9.21. The van der Waals surface area contributed by atoms with Crippen molar-refractivity contribution < 1.29 is 17.6 Å². The van der Waals surface area contributed by atoms with Crippen LogP contribution in [0.25, 0.3) is 10.8 Å². The van der Waals surface area contributed by atoms with Gasteiger partial charge in [-0.15, -0.1) is 16.4 Å². The van der Waals surface area contributed by atoms with E-state index < -0.39 is 15.9 Å². The fourth-order valence-corrected chi connectivity index (χ4v) is 5.83. The van der Waals surface area contributed by atoms with Crippen LogP contribution in [-0.2, 0) is 10.0 Å². The van der Waals surface area contributed by atoms with Gasteiger partial charge in [-0.05, 0) is 55.2 Å². The molecule has 1 aromatic carbocycles. The summed E-state index contributed by atoms with van der Waals surface area (Å²) in [6.45, 7) is 3.08. The molecule has 3 heterocycles. The van der Waals surface area contributed by atoms with Crippen LogP contribution in [0.3, 0.4) is 0 Å². The SMILES string of the molecule is CC1CCCN(S(=O)(=O)c2ccc(C(=O)Nc3nnc(-c4ccc(Cl)s4)o3)cc2)C1. The first-order chi connectivity index (χ1) is 14.3. The van der Waals surface area contributed by atoms with E-state index in [1.807, 2.05) is 6.92 Å². The van der Waals surface area contributed by atoms with Gasteiger partial charge in [-0.3, -0.25) is 10.1 Å². The van der Waals surface area contributed by atoms with E-state index in [0.29, 0.717) is 28.2 Å². The second kappa shape index (κ2) is 8.46. The van der Waals surface area contributed by atoms with Crippen LogP contribution in [0.15, 0.2) is 45.7 Å². The number of halogens is 1. The van der Waals surface area contributed by atoms with Crippen LogP contribution in [0.1, 0.15) is 30.1 Å². The fraction of sp³-hybridized carbons (Fsp3) is 0.316. The minimum absolute atomic E-state index is 0.0569. The molecule has 0 radical (unpaired) electrons. The number of hydrogen-bond acceptors (Lipinski definition) is 7. The van der Waals surface area contributed by atoms with Crippen LogP contribution >= 0.6 is 22.9 Å². The van der Waals surface area contributed by atoms with Crippen LogP contribution in [-0.4, -0.2) is 41.9 Å². The molecule has 1 aliphatic heterocycles. The molecule has 1 unspecified atom stereocenters. The zero-order valence-corrected chi connectivity index (χ0v) is 18.4. The number of carbonyl (C=O) groups excluding carboxylic acids is 1. The van der Waals surface area contributed by atoms with Crippen molar-refractivity contribution >= 4 is 44.9 Å². The Labute approximate surface area is 182 Å². The Hall–Kier alpha value is -2.27. The van der Waals surface area contributed by atoms with E-state index in [4.69, 9.17) is 16.0 Å². The number of nitrogens with zero attached hydrogens (tertiary/aromatic N) is 3. The summed E-state index contributed by atoms with van der Waals surface area (Å²) in [5.74, 6) is 0.104. The Kier molecular flexibility index (Phi) is 5.92. The maximum atomic E-state index is 12.8. The van der Waals surface area contributed by atoms with Crippen LogP contribution in [0.2, 0.25) is 4.34 Å². The number of aromatic nitrogens is 2. The molecule has 1 N–H and O–H groups in total. The number of thiophene rings is 1. The summed E-state index contributed by atoms with van der Waals surface area (Å²) < 4.78 is 33.2. The average Bonchev–Trinajstić information content (AvgIpc) is 3.37. The third-order valence-corrected chi connectivity index (χ3v) is 7.90. The quantitative estimate of drug-likeness (QED) is 0.606. The van der Waals surface area contributed by atoms with Crippen molar-refractivity contribution in [2.24, 2.45) is 5.92 Å². The van der Waals surface area contributed by atoms with Crippen LogP contribution < -0.4 is 5.32 Å². The molecule has 8 nitrogen and oxygen atoms in total. The monoisotopic (exact) mass is 466 g/mol. The third kappa shape index (κ3) is 4.41. The van der Waals surface area contributed by atoms with Gasteiger partial charge in [-0.2, -0.15) is 4.31 Å².